The van der Waals surface area contributed by atoms with Crippen LogP contribution in [0.25, 0.3) is 4.85 Å². The molecule has 0 aliphatic heterocycles. The second-order valence-electron chi connectivity index (χ2n) is 7.76. The van der Waals surface area contributed by atoms with Gasteiger partial charge in [-0.25, -0.2) is 20.3 Å². The van der Waals surface area contributed by atoms with E-state index in [9.17, 15) is 13.2 Å². The number of alkyl halides is 2. The van der Waals surface area contributed by atoms with Crippen LogP contribution in [0.2, 0.25) is 0 Å². The van der Waals surface area contributed by atoms with E-state index in [2.05, 4.69) is 25.2 Å². The molecule has 10 heteroatoms. The van der Waals surface area contributed by atoms with Crippen molar-refractivity contribution in [2.24, 2.45) is 5.92 Å². The highest BCUT2D eigenvalue weighted by molar-refractivity contribution is 5.55. The van der Waals surface area contributed by atoms with Gasteiger partial charge in [-0.05, 0) is 25.7 Å². The fourth-order valence-corrected chi connectivity index (χ4v) is 3.01. The fraction of sp³-hybridized carbons (Fsp3) is 0.579. The van der Waals surface area contributed by atoms with E-state index in [-0.39, 0.29) is 37.2 Å². The third-order valence-electron chi connectivity index (χ3n) is 4.98. The Balaban J connectivity index is 1.68. The Morgan fingerprint density at radius 1 is 1.38 bits per heavy atom. The first-order valence-corrected chi connectivity index (χ1v) is 9.35. The number of hydrogen-bond acceptors (Lipinski definition) is 5. The van der Waals surface area contributed by atoms with Crippen LogP contribution in [0.1, 0.15) is 45.2 Å². The van der Waals surface area contributed by atoms with Gasteiger partial charge in [0, 0.05) is 26.7 Å². The first-order valence-electron chi connectivity index (χ1n) is 9.35. The molecule has 1 N–H and O–H groups in total. The predicted molar refractivity (Wildman–Crippen MR) is 101 cm³/mol. The van der Waals surface area contributed by atoms with E-state index in [0.29, 0.717) is 24.2 Å². The van der Waals surface area contributed by atoms with Crippen molar-refractivity contribution in [2.75, 3.05) is 11.9 Å². The Labute approximate surface area is 167 Å². The number of aryl methyl sites for hydroxylation is 1. The standard InChI is InChI=1S/C19H23F3N6O/c1-12-15(10-28(27-12)18(2,3)23-4)25-17-24-9-14(20)16(26-17)29-11-13-5-7-19(21,22)8-6-13/h9-10,13H,5-8,11H2,1-3H3,(H,24,25,26). The Morgan fingerprint density at radius 3 is 2.72 bits per heavy atom. The minimum absolute atomic E-state index is 0.0586. The maximum atomic E-state index is 14.0. The first-order chi connectivity index (χ1) is 13.6. The lowest BCUT2D eigenvalue weighted by Crippen LogP contribution is -2.27. The molecule has 29 heavy (non-hydrogen) atoms. The number of anilines is 2. The molecule has 2 aromatic rings. The second-order valence-corrected chi connectivity index (χ2v) is 7.76. The fourth-order valence-electron chi connectivity index (χ4n) is 3.01. The molecule has 0 bridgehead atoms. The maximum absolute atomic E-state index is 14.0. The zero-order valence-electron chi connectivity index (χ0n) is 16.5. The summed E-state index contributed by atoms with van der Waals surface area (Å²) in [6.45, 7) is 12.6. The largest absolute Gasteiger partial charge is 0.475 e. The Morgan fingerprint density at radius 2 is 2.07 bits per heavy atom. The van der Waals surface area contributed by atoms with E-state index in [1.54, 1.807) is 27.0 Å². The van der Waals surface area contributed by atoms with Crippen LogP contribution >= 0.6 is 0 Å². The molecule has 1 aliphatic carbocycles. The monoisotopic (exact) mass is 408 g/mol. The van der Waals surface area contributed by atoms with Crippen LogP contribution < -0.4 is 10.1 Å². The van der Waals surface area contributed by atoms with Gasteiger partial charge in [-0.15, -0.1) is 0 Å². The summed E-state index contributed by atoms with van der Waals surface area (Å²) in [7, 11) is 0. The van der Waals surface area contributed by atoms with Crippen LogP contribution in [0.5, 0.6) is 5.88 Å². The maximum Gasteiger partial charge on any atom is 0.319 e. The highest BCUT2D eigenvalue weighted by Gasteiger charge is 2.35. The lowest BCUT2D eigenvalue weighted by Gasteiger charge is -2.27. The molecule has 1 saturated carbocycles. The van der Waals surface area contributed by atoms with Crippen molar-refractivity contribution in [1.29, 1.82) is 0 Å². The number of halogens is 3. The molecule has 3 rings (SSSR count). The van der Waals surface area contributed by atoms with Gasteiger partial charge in [0.1, 0.15) is 0 Å². The van der Waals surface area contributed by atoms with E-state index in [1.165, 1.54) is 4.68 Å². The van der Waals surface area contributed by atoms with Gasteiger partial charge in [-0.2, -0.15) is 19.2 Å². The molecule has 1 aliphatic rings. The molecule has 0 atom stereocenters. The first kappa shape index (κ1) is 20.9. The average Bonchev–Trinajstić information content (AvgIpc) is 3.04. The van der Waals surface area contributed by atoms with Crippen molar-refractivity contribution < 1.29 is 17.9 Å². The molecule has 2 heterocycles. The lowest BCUT2D eigenvalue weighted by atomic mass is 9.87. The van der Waals surface area contributed by atoms with Gasteiger partial charge in [-0.1, -0.05) is 0 Å². The topological polar surface area (TPSA) is 69.2 Å². The summed E-state index contributed by atoms with van der Waals surface area (Å²) in [5, 5.41) is 7.27. The molecular weight excluding hydrogens is 385 g/mol. The van der Waals surface area contributed by atoms with Crippen molar-refractivity contribution in [3.63, 3.8) is 0 Å². The SMILES string of the molecule is [C-]#[N+]C(C)(C)n1cc(Nc2ncc(F)c(OCC3CCC(F)(F)CC3)n2)c(C)n1. The Bertz CT molecular complexity index is 911. The summed E-state index contributed by atoms with van der Waals surface area (Å²) < 4.78 is 47.5. The third kappa shape index (κ3) is 4.96. The second kappa shape index (κ2) is 7.89. The molecule has 0 radical (unpaired) electrons. The summed E-state index contributed by atoms with van der Waals surface area (Å²) in [6, 6.07) is 0. The molecule has 7 nitrogen and oxygen atoms in total. The van der Waals surface area contributed by atoms with E-state index in [0.717, 1.165) is 6.20 Å². The van der Waals surface area contributed by atoms with Crippen LogP contribution in [0.3, 0.4) is 0 Å². The lowest BCUT2D eigenvalue weighted by molar-refractivity contribution is -0.0501. The summed E-state index contributed by atoms with van der Waals surface area (Å²) in [5.41, 5.74) is 0.355. The van der Waals surface area contributed by atoms with Crippen LogP contribution in [0.4, 0.5) is 24.8 Å². The molecule has 0 aromatic carbocycles. The van der Waals surface area contributed by atoms with E-state index in [4.69, 9.17) is 11.3 Å². The molecule has 0 amide bonds. The molecule has 156 valence electrons. The quantitative estimate of drug-likeness (QED) is 0.703. The highest BCUT2D eigenvalue weighted by Crippen LogP contribution is 2.36. The number of aromatic nitrogens is 4. The number of rotatable bonds is 6. The zero-order valence-corrected chi connectivity index (χ0v) is 16.5. The highest BCUT2D eigenvalue weighted by atomic mass is 19.3. The number of nitrogens with zero attached hydrogens (tertiary/aromatic N) is 5. The van der Waals surface area contributed by atoms with E-state index in [1.807, 2.05) is 0 Å². The van der Waals surface area contributed by atoms with E-state index >= 15 is 0 Å². The predicted octanol–water partition coefficient (Wildman–Crippen LogP) is 4.68. The summed E-state index contributed by atoms with van der Waals surface area (Å²) in [6.07, 6.45) is 2.96. The minimum Gasteiger partial charge on any atom is -0.475 e. The minimum atomic E-state index is -2.61. The van der Waals surface area contributed by atoms with Crippen molar-refractivity contribution >= 4 is 11.6 Å². The normalized spacial score (nSPS) is 17.0. The summed E-state index contributed by atoms with van der Waals surface area (Å²) >= 11 is 0. The number of ether oxygens (including phenoxy) is 1. The van der Waals surface area contributed by atoms with Gasteiger partial charge in [0.25, 0.3) is 5.88 Å². The summed E-state index contributed by atoms with van der Waals surface area (Å²) in [4.78, 5) is 11.5. The summed E-state index contributed by atoms with van der Waals surface area (Å²) in [5.74, 6) is -3.51. The average molecular weight is 408 g/mol. The number of nitrogens with one attached hydrogen (secondary N) is 1. The molecule has 1 fully saturated rings. The van der Waals surface area contributed by atoms with Crippen molar-refractivity contribution in [3.05, 3.63) is 35.3 Å². The van der Waals surface area contributed by atoms with Gasteiger partial charge >= 0.3 is 5.66 Å². The van der Waals surface area contributed by atoms with Gasteiger partial charge in [0.15, 0.2) is 0 Å². The molecule has 0 saturated heterocycles. The Kier molecular flexibility index (Phi) is 5.68. The van der Waals surface area contributed by atoms with Gasteiger partial charge in [-0.3, -0.25) is 4.85 Å². The van der Waals surface area contributed by atoms with Gasteiger partial charge < -0.3 is 10.1 Å². The van der Waals surface area contributed by atoms with Crippen LogP contribution in [0.15, 0.2) is 12.4 Å². The smallest absolute Gasteiger partial charge is 0.319 e. The van der Waals surface area contributed by atoms with Crippen molar-refractivity contribution in [1.82, 2.24) is 19.7 Å². The third-order valence-corrected chi connectivity index (χ3v) is 4.98. The molecule has 0 spiro atoms. The van der Waals surface area contributed by atoms with Crippen LogP contribution in [0, 0.1) is 25.2 Å². The van der Waals surface area contributed by atoms with Gasteiger partial charge in [0.2, 0.25) is 17.7 Å². The Hall–Kier alpha value is -2.83. The number of hydrogen-bond donors (Lipinski definition) is 1. The van der Waals surface area contributed by atoms with Crippen LogP contribution in [-0.2, 0) is 5.66 Å². The van der Waals surface area contributed by atoms with E-state index < -0.39 is 17.4 Å². The molecular formula is C19H23F3N6O. The van der Waals surface area contributed by atoms with Gasteiger partial charge in [0.05, 0.1) is 30.4 Å². The van der Waals surface area contributed by atoms with Crippen LogP contribution in [-0.4, -0.2) is 32.3 Å². The molecule has 0 unspecified atom stereocenters. The van der Waals surface area contributed by atoms with Crippen molar-refractivity contribution in [2.45, 2.75) is 58.0 Å². The zero-order chi connectivity index (χ0) is 21.2. The van der Waals surface area contributed by atoms with Crippen molar-refractivity contribution in [3.8, 4) is 5.88 Å². The molecule has 2 aromatic heterocycles.